The number of hydrogen-bond donors (Lipinski definition) is 2. The molecule has 0 amide bonds. The largest absolute Gasteiger partial charge is 0.496 e. The smallest absolute Gasteiger partial charge is 0.126 e. The lowest BCUT2D eigenvalue weighted by atomic mass is 9.85. The SMILES string of the molecule is CCN(CC)C(C)(C)C(NN)c1ccc(C)c(C)c1OC. The molecule has 1 rings (SSSR count). The van der Waals surface area contributed by atoms with E-state index < -0.39 is 0 Å². The normalized spacial score (nSPS) is 13.6. The zero-order valence-corrected chi connectivity index (χ0v) is 14.6. The summed E-state index contributed by atoms with van der Waals surface area (Å²) >= 11 is 0. The van der Waals surface area contributed by atoms with Crippen molar-refractivity contribution in [2.75, 3.05) is 20.2 Å². The van der Waals surface area contributed by atoms with Crippen LogP contribution < -0.4 is 16.0 Å². The second-order valence-electron chi connectivity index (χ2n) is 6.06. The van der Waals surface area contributed by atoms with Gasteiger partial charge in [-0.15, -0.1) is 0 Å². The molecule has 0 saturated carbocycles. The number of nitrogens with two attached hydrogens (primary N) is 1. The van der Waals surface area contributed by atoms with Gasteiger partial charge in [-0.2, -0.15) is 0 Å². The van der Waals surface area contributed by atoms with Gasteiger partial charge in [0, 0.05) is 11.1 Å². The maximum absolute atomic E-state index is 5.92. The molecule has 0 radical (unpaired) electrons. The Morgan fingerprint density at radius 2 is 1.81 bits per heavy atom. The molecule has 0 heterocycles. The lowest BCUT2D eigenvalue weighted by Gasteiger charge is -2.43. The zero-order chi connectivity index (χ0) is 16.2. The van der Waals surface area contributed by atoms with Crippen molar-refractivity contribution < 1.29 is 4.74 Å². The summed E-state index contributed by atoms with van der Waals surface area (Å²) in [5, 5.41) is 0. The molecule has 21 heavy (non-hydrogen) atoms. The van der Waals surface area contributed by atoms with Crippen LogP contribution in [0.3, 0.4) is 0 Å². The Morgan fingerprint density at radius 3 is 2.24 bits per heavy atom. The lowest BCUT2D eigenvalue weighted by Crippen LogP contribution is -2.54. The van der Waals surface area contributed by atoms with Gasteiger partial charge in [-0.05, 0) is 51.9 Å². The molecule has 0 bridgehead atoms. The van der Waals surface area contributed by atoms with Crippen LogP contribution in [-0.2, 0) is 0 Å². The van der Waals surface area contributed by atoms with E-state index in [2.05, 4.69) is 64.0 Å². The van der Waals surface area contributed by atoms with E-state index in [0.717, 1.165) is 24.4 Å². The summed E-state index contributed by atoms with van der Waals surface area (Å²) in [6.45, 7) is 15.0. The lowest BCUT2D eigenvalue weighted by molar-refractivity contribution is 0.0901. The molecule has 0 fully saturated rings. The Hall–Kier alpha value is -1.10. The Kier molecular flexibility index (Phi) is 6.20. The van der Waals surface area contributed by atoms with Gasteiger partial charge in [-0.3, -0.25) is 16.2 Å². The number of methoxy groups -OCH3 is 1. The fraction of sp³-hybridized carbons (Fsp3) is 0.647. The van der Waals surface area contributed by atoms with E-state index in [1.54, 1.807) is 7.11 Å². The van der Waals surface area contributed by atoms with Crippen LogP contribution in [-0.4, -0.2) is 30.6 Å². The summed E-state index contributed by atoms with van der Waals surface area (Å²) in [7, 11) is 1.73. The highest BCUT2D eigenvalue weighted by molar-refractivity contribution is 5.47. The van der Waals surface area contributed by atoms with Gasteiger partial charge < -0.3 is 4.74 Å². The molecule has 1 aromatic rings. The van der Waals surface area contributed by atoms with E-state index in [1.807, 2.05) is 0 Å². The third-order valence-electron chi connectivity index (χ3n) is 4.67. The Labute approximate surface area is 129 Å². The molecule has 0 aliphatic rings. The van der Waals surface area contributed by atoms with E-state index in [1.165, 1.54) is 11.1 Å². The molecule has 0 spiro atoms. The second-order valence-corrected chi connectivity index (χ2v) is 6.06. The number of nitrogens with zero attached hydrogens (tertiary/aromatic N) is 1. The maximum Gasteiger partial charge on any atom is 0.126 e. The first-order valence-electron chi connectivity index (χ1n) is 7.70. The molecule has 0 aliphatic carbocycles. The molecule has 1 atom stereocenters. The molecule has 1 unspecified atom stereocenters. The van der Waals surface area contributed by atoms with Crippen molar-refractivity contribution in [3.8, 4) is 5.75 Å². The standard InChI is InChI=1S/C17H31N3O/c1-8-20(9-2)17(5,6)16(19-18)14-11-10-12(3)13(4)15(14)21-7/h10-11,16,19H,8-9,18H2,1-7H3. The monoisotopic (exact) mass is 293 g/mol. The third kappa shape index (κ3) is 3.39. The molecule has 3 N–H and O–H groups in total. The van der Waals surface area contributed by atoms with Crippen LogP contribution in [0.25, 0.3) is 0 Å². The van der Waals surface area contributed by atoms with Crippen LogP contribution in [0.2, 0.25) is 0 Å². The molecule has 4 nitrogen and oxygen atoms in total. The Morgan fingerprint density at radius 1 is 1.24 bits per heavy atom. The van der Waals surface area contributed by atoms with Crippen molar-refractivity contribution in [2.24, 2.45) is 5.84 Å². The van der Waals surface area contributed by atoms with Crippen LogP contribution in [0.5, 0.6) is 5.75 Å². The number of aryl methyl sites for hydroxylation is 1. The van der Waals surface area contributed by atoms with Gasteiger partial charge >= 0.3 is 0 Å². The van der Waals surface area contributed by atoms with Crippen molar-refractivity contribution in [3.63, 3.8) is 0 Å². The van der Waals surface area contributed by atoms with Gasteiger partial charge in [0.2, 0.25) is 0 Å². The summed E-state index contributed by atoms with van der Waals surface area (Å²) in [6, 6.07) is 4.25. The van der Waals surface area contributed by atoms with E-state index in [4.69, 9.17) is 10.6 Å². The zero-order valence-electron chi connectivity index (χ0n) is 14.6. The molecular formula is C17H31N3O. The maximum atomic E-state index is 5.92. The van der Waals surface area contributed by atoms with Crippen molar-refractivity contribution in [3.05, 3.63) is 28.8 Å². The number of hydrogen-bond acceptors (Lipinski definition) is 4. The molecular weight excluding hydrogens is 262 g/mol. The summed E-state index contributed by atoms with van der Waals surface area (Å²) in [5.41, 5.74) is 6.40. The first-order chi connectivity index (χ1) is 9.84. The highest BCUT2D eigenvalue weighted by atomic mass is 16.5. The third-order valence-corrected chi connectivity index (χ3v) is 4.67. The van der Waals surface area contributed by atoms with Gasteiger partial charge in [0.15, 0.2) is 0 Å². The van der Waals surface area contributed by atoms with E-state index >= 15 is 0 Å². The van der Waals surface area contributed by atoms with Gasteiger partial charge in [0.05, 0.1) is 13.2 Å². The van der Waals surface area contributed by atoms with Crippen LogP contribution in [0.15, 0.2) is 12.1 Å². The van der Waals surface area contributed by atoms with Crippen molar-refractivity contribution in [1.82, 2.24) is 10.3 Å². The van der Waals surface area contributed by atoms with Crippen LogP contribution in [0.4, 0.5) is 0 Å². The highest BCUT2D eigenvalue weighted by Gasteiger charge is 2.36. The number of rotatable bonds is 7. The van der Waals surface area contributed by atoms with Crippen molar-refractivity contribution >= 4 is 0 Å². The Balaban J connectivity index is 3.37. The molecule has 120 valence electrons. The first-order valence-corrected chi connectivity index (χ1v) is 7.70. The molecule has 4 heteroatoms. The number of benzene rings is 1. The predicted molar refractivity (Wildman–Crippen MR) is 89.5 cm³/mol. The van der Waals surface area contributed by atoms with Crippen molar-refractivity contribution in [2.45, 2.75) is 53.1 Å². The fourth-order valence-electron chi connectivity index (χ4n) is 3.20. The molecule has 0 saturated heterocycles. The summed E-state index contributed by atoms with van der Waals surface area (Å²) in [6.07, 6.45) is 0. The minimum absolute atomic E-state index is 0.00773. The summed E-state index contributed by atoms with van der Waals surface area (Å²) < 4.78 is 5.67. The first kappa shape index (κ1) is 18.0. The molecule has 0 aliphatic heterocycles. The van der Waals surface area contributed by atoms with Crippen LogP contribution in [0.1, 0.15) is 50.4 Å². The highest BCUT2D eigenvalue weighted by Crippen LogP contribution is 2.37. The van der Waals surface area contributed by atoms with E-state index in [-0.39, 0.29) is 11.6 Å². The number of likely N-dealkylation sites (N-methyl/N-ethyl adjacent to an activating group) is 1. The van der Waals surface area contributed by atoms with Gasteiger partial charge in [0.1, 0.15) is 5.75 Å². The van der Waals surface area contributed by atoms with Gasteiger partial charge in [-0.1, -0.05) is 26.0 Å². The van der Waals surface area contributed by atoms with Gasteiger partial charge in [0.25, 0.3) is 0 Å². The number of hydrazine groups is 1. The quantitative estimate of drug-likeness (QED) is 0.599. The summed E-state index contributed by atoms with van der Waals surface area (Å²) in [5.74, 6) is 6.85. The minimum atomic E-state index is -0.118. The average molecular weight is 293 g/mol. The van der Waals surface area contributed by atoms with Crippen molar-refractivity contribution in [1.29, 1.82) is 0 Å². The number of ether oxygens (including phenoxy) is 1. The molecule has 0 aromatic heterocycles. The van der Waals surface area contributed by atoms with Crippen LogP contribution >= 0.6 is 0 Å². The Bertz CT molecular complexity index is 467. The topological polar surface area (TPSA) is 50.5 Å². The minimum Gasteiger partial charge on any atom is -0.496 e. The van der Waals surface area contributed by atoms with E-state index in [9.17, 15) is 0 Å². The van der Waals surface area contributed by atoms with Gasteiger partial charge in [-0.25, -0.2) is 0 Å². The molecule has 1 aromatic carbocycles. The predicted octanol–water partition coefficient (Wildman–Crippen LogP) is 2.94. The average Bonchev–Trinajstić information content (AvgIpc) is 2.44. The number of nitrogens with one attached hydrogen (secondary N) is 1. The van der Waals surface area contributed by atoms with Crippen LogP contribution in [0, 0.1) is 13.8 Å². The fourth-order valence-corrected chi connectivity index (χ4v) is 3.20. The summed E-state index contributed by atoms with van der Waals surface area (Å²) in [4.78, 5) is 2.41. The second kappa shape index (κ2) is 7.25. The van der Waals surface area contributed by atoms with E-state index in [0.29, 0.717) is 0 Å².